The predicted octanol–water partition coefficient (Wildman–Crippen LogP) is 4.21. The molecule has 40 heavy (non-hydrogen) atoms. The maximum atomic E-state index is 14.8. The number of aliphatic hydroxyl groups excluding tert-OH is 1. The normalized spacial score (nSPS) is 29.3. The summed E-state index contributed by atoms with van der Waals surface area (Å²) in [5.41, 5.74) is 0.621. The molecule has 2 amide bonds. The van der Waals surface area contributed by atoms with Gasteiger partial charge < -0.3 is 24.4 Å². The molecular weight excluding hydrogens is 600 g/mol. The first-order valence-electron chi connectivity index (χ1n) is 13.4. The number of hydrogen-bond donors (Lipinski definition) is 1. The smallest absolute Gasteiger partial charge is 0.312 e. The highest BCUT2D eigenvalue weighted by Crippen LogP contribution is 2.61. The second-order valence-electron chi connectivity index (χ2n) is 10.4. The topological polar surface area (TPSA) is 96.4 Å². The van der Waals surface area contributed by atoms with Crippen molar-refractivity contribution < 1.29 is 29.0 Å². The highest BCUT2D eigenvalue weighted by Gasteiger charge is 2.77. The molecule has 3 aliphatic heterocycles. The number of rotatable bonds is 9. The van der Waals surface area contributed by atoms with Gasteiger partial charge in [-0.2, -0.15) is 0 Å². The Balaban J connectivity index is 1.69. The molecule has 1 unspecified atom stereocenters. The summed E-state index contributed by atoms with van der Waals surface area (Å²) in [6, 6.07) is 12.4. The van der Waals surface area contributed by atoms with Gasteiger partial charge in [-0.05, 0) is 37.5 Å². The van der Waals surface area contributed by atoms with E-state index in [2.05, 4.69) is 22.5 Å². The van der Waals surface area contributed by atoms with Gasteiger partial charge in [0.25, 0.3) is 5.91 Å². The van der Waals surface area contributed by atoms with Crippen LogP contribution >= 0.6 is 27.5 Å². The molecule has 2 bridgehead atoms. The first-order chi connectivity index (χ1) is 19.2. The highest BCUT2D eigenvalue weighted by molar-refractivity contribution is 9.09. The molecule has 3 aliphatic rings. The van der Waals surface area contributed by atoms with Gasteiger partial charge >= 0.3 is 5.97 Å². The molecule has 1 N–H and O–H groups in total. The van der Waals surface area contributed by atoms with Crippen molar-refractivity contribution in [3.63, 3.8) is 0 Å². The van der Waals surface area contributed by atoms with Crippen LogP contribution in [0.5, 0.6) is 0 Å². The lowest BCUT2D eigenvalue weighted by Gasteiger charge is -2.40. The molecule has 2 aromatic rings. The SMILES string of the molecule is C=CCN(C(=O)[C@H]1N([C@H](CO)c2ccccc2)C(=O)[C@@H]2[C@@H](C(=O)OCC)[C@@H]3O[C@@]21CC3Br)c1c(C)cccc1Cl. The molecule has 3 fully saturated rings. The number of hydrogen-bond acceptors (Lipinski definition) is 6. The van der Waals surface area contributed by atoms with E-state index < -0.39 is 60.0 Å². The van der Waals surface area contributed by atoms with Crippen LogP contribution in [-0.4, -0.2) is 70.1 Å². The number of anilines is 1. The second kappa shape index (κ2) is 11.3. The molecule has 7 atom stereocenters. The molecule has 3 heterocycles. The monoisotopic (exact) mass is 630 g/mol. The molecule has 5 rings (SSSR count). The van der Waals surface area contributed by atoms with E-state index in [1.54, 1.807) is 37.3 Å². The van der Waals surface area contributed by atoms with Gasteiger partial charge in [0.2, 0.25) is 5.91 Å². The molecule has 0 radical (unpaired) electrons. The van der Waals surface area contributed by atoms with Gasteiger partial charge in [0.1, 0.15) is 11.6 Å². The van der Waals surface area contributed by atoms with Gasteiger partial charge in [-0.3, -0.25) is 14.4 Å². The van der Waals surface area contributed by atoms with Crippen molar-refractivity contribution in [1.29, 1.82) is 0 Å². The minimum atomic E-state index is -1.32. The molecular formula is C30H32BrClN2O6. The maximum absolute atomic E-state index is 14.8. The number of ether oxygens (including phenoxy) is 2. The molecule has 2 aromatic carbocycles. The molecule has 8 nitrogen and oxygen atoms in total. The average Bonchev–Trinajstić information content (AvgIpc) is 3.52. The van der Waals surface area contributed by atoms with Crippen LogP contribution in [0.2, 0.25) is 5.02 Å². The molecule has 0 aliphatic carbocycles. The zero-order valence-corrected chi connectivity index (χ0v) is 24.7. The van der Waals surface area contributed by atoms with Gasteiger partial charge in [0.05, 0.1) is 47.9 Å². The summed E-state index contributed by atoms with van der Waals surface area (Å²) in [5.74, 6) is -3.22. The summed E-state index contributed by atoms with van der Waals surface area (Å²) < 4.78 is 12.0. The fourth-order valence-electron chi connectivity index (χ4n) is 6.75. The number of carbonyl (C=O) groups excluding carboxylic acids is 3. The Kier molecular flexibility index (Phi) is 8.12. The molecule has 10 heteroatoms. The number of likely N-dealkylation sites (tertiary alicyclic amines) is 1. The van der Waals surface area contributed by atoms with Crippen molar-refractivity contribution in [3.8, 4) is 0 Å². The summed E-state index contributed by atoms with van der Waals surface area (Å²) in [7, 11) is 0. The van der Waals surface area contributed by atoms with Crippen LogP contribution < -0.4 is 4.90 Å². The third-order valence-electron chi connectivity index (χ3n) is 8.25. The Labute approximate surface area is 247 Å². The van der Waals surface area contributed by atoms with Crippen molar-refractivity contribution in [1.82, 2.24) is 4.90 Å². The Morgan fingerprint density at radius 2 is 2.02 bits per heavy atom. The van der Waals surface area contributed by atoms with E-state index in [0.29, 0.717) is 22.7 Å². The Morgan fingerprint density at radius 3 is 2.65 bits per heavy atom. The number of para-hydroxylation sites is 1. The summed E-state index contributed by atoms with van der Waals surface area (Å²) in [5, 5.41) is 11.0. The number of aryl methyl sites for hydroxylation is 1. The largest absolute Gasteiger partial charge is 0.466 e. The molecule has 1 spiro atoms. The highest BCUT2D eigenvalue weighted by atomic mass is 79.9. The van der Waals surface area contributed by atoms with Gasteiger partial charge in [0.15, 0.2) is 0 Å². The minimum absolute atomic E-state index is 0.125. The quantitative estimate of drug-likeness (QED) is 0.253. The third-order valence-corrected chi connectivity index (χ3v) is 9.40. The lowest BCUT2D eigenvalue weighted by atomic mass is 9.70. The van der Waals surface area contributed by atoms with Crippen LogP contribution in [0.25, 0.3) is 0 Å². The second-order valence-corrected chi connectivity index (χ2v) is 12.0. The lowest BCUT2D eigenvalue weighted by Crippen LogP contribution is -2.57. The fraction of sp³-hybridized carbons (Fsp3) is 0.433. The first-order valence-corrected chi connectivity index (χ1v) is 14.6. The van der Waals surface area contributed by atoms with E-state index in [9.17, 15) is 19.5 Å². The summed E-state index contributed by atoms with van der Waals surface area (Å²) in [6.07, 6.45) is 1.29. The van der Waals surface area contributed by atoms with Gasteiger partial charge in [-0.1, -0.05) is 76.1 Å². The van der Waals surface area contributed by atoms with E-state index >= 15 is 0 Å². The van der Waals surface area contributed by atoms with Crippen LogP contribution in [0.3, 0.4) is 0 Å². The Morgan fingerprint density at radius 1 is 1.30 bits per heavy atom. The standard InChI is InChI=1S/C30H32BrClN2O6/c1-4-14-33(24-17(3)10-9-13-20(24)32)28(37)26-30-15-19(31)25(40-30)22(29(38)39-5-2)23(30)27(36)34(26)21(16-35)18-11-7-6-8-12-18/h4,6-13,19,21-23,25-26,35H,1,5,14-16H2,2-3H3/t19?,21-,22-,23+,25-,26-,30+/m1/s1. The number of benzene rings is 2. The Bertz CT molecular complexity index is 1300. The number of carbonyl (C=O) groups is 3. The zero-order valence-electron chi connectivity index (χ0n) is 22.3. The number of fused-ring (bicyclic) bond motifs is 1. The average molecular weight is 632 g/mol. The van der Waals surface area contributed by atoms with Crippen LogP contribution in [0.1, 0.15) is 30.5 Å². The number of aliphatic hydroxyl groups is 1. The van der Waals surface area contributed by atoms with E-state index in [-0.39, 0.29) is 18.0 Å². The van der Waals surface area contributed by atoms with Gasteiger partial charge in [0, 0.05) is 11.4 Å². The third kappa shape index (κ3) is 4.38. The number of halogens is 2. The summed E-state index contributed by atoms with van der Waals surface area (Å²) in [4.78, 5) is 45.2. The molecule has 0 saturated carbocycles. The summed E-state index contributed by atoms with van der Waals surface area (Å²) in [6.45, 7) is 7.26. The van der Waals surface area contributed by atoms with Crippen molar-refractivity contribution in [2.75, 3.05) is 24.7 Å². The van der Waals surface area contributed by atoms with E-state index in [1.807, 2.05) is 31.2 Å². The lowest BCUT2D eigenvalue weighted by molar-refractivity contribution is -0.155. The number of amides is 2. The van der Waals surface area contributed by atoms with Crippen molar-refractivity contribution in [2.45, 2.75) is 48.9 Å². The predicted molar refractivity (Wildman–Crippen MR) is 154 cm³/mol. The van der Waals surface area contributed by atoms with Crippen LogP contribution in [0.15, 0.2) is 61.2 Å². The zero-order chi connectivity index (χ0) is 28.8. The van der Waals surface area contributed by atoms with Crippen LogP contribution in [0, 0.1) is 18.8 Å². The molecule has 3 saturated heterocycles. The molecule has 212 valence electrons. The van der Waals surface area contributed by atoms with Gasteiger partial charge in [-0.25, -0.2) is 0 Å². The minimum Gasteiger partial charge on any atom is -0.466 e. The van der Waals surface area contributed by atoms with Crippen molar-refractivity contribution in [2.24, 2.45) is 11.8 Å². The van der Waals surface area contributed by atoms with E-state index in [1.165, 1.54) is 9.80 Å². The Hall–Kier alpha value is -2.72. The van der Waals surface area contributed by atoms with Crippen LogP contribution in [0.4, 0.5) is 5.69 Å². The first kappa shape index (κ1) is 28.8. The van der Waals surface area contributed by atoms with Crippen molar-refractivity contribution >= 4 is 51.0 Å². The number of alkyl halides is 1. The maximum Gasteiger partial charge on any atom is 0.312 e. The van der Waals surface area contributed by atoms with Gasteiger partial charge in [-0.15, -0.1) is 6.58 Å². The molecule has 0 aromatic heterocycles. The van der Waals surface area contributed by atoms with E-state index in [4.69, 9.17) is 21.1 Å². The van der Waals surface area contributed by atoms with Crippen molar-refractivity contribution in [3.05, 3.63) is 77.3 Å². The number of esters is 1. The van der Waals surface area contributed by atoms with Crippen LogP contribution in [-0.2, 0) is 23.9 Å². The van der Waals surface area contributed by atoms with E-state index in [0.717, 1.165) is 5.56 Å². The summed E-state index contributed by atoms with van der Waals surface area (Å²) >= 11 is 10.3. The fourth-order valence-corrected chi connectivity index (χ4v) is 8.02. The number of nitrogens with zero attached hydrogens (tertiary/aromatic N) is 2.